The molecule has 0 unspecified atom stereocenters. The van der Waals surface area contributed by atoms with E-state index in [0.29, 0.717) is 17.5 Å². The maximum atomic E-state index is 6.46. The van der Waals surface area contributed by atoms with Crippen LogP contribution in [0.4, 0.5) is 0 Å². The smallest absolute Gasteiger partial charge is 0.164 e. The van der Waals surface area contributed by atoms with Gasteiger partial charge in [-0.2, -0.15) is 0 Å². The Kier molecular flexibility index (Phi) is 6.92. The average Bonchev–Trinajstić information content (AvgIpc) is 3.94. The van der Waals surface area contributed by atoms with Crippen LogP contribution in [0.15, 0.2) is 186 Å². The fourth-order valence-electron chi connectivity index (χ4n) is 8.71. The van der Waals surface area contributed by atoms with Crippen molar-refractivity contribution in [2.45, 2.75) is 6.42 Å². The van der Waals surface area contributed by atoms with Crippen LogP contribution in [-0.2, 0) is 6.42 Å². The average molecular weight is 729 g/mol. The Hall–Kier alpha value is -7.63. The Bertz CT molecular complexity index is 3300. The third-order valence-electron chi connectivity index (χ3n) is 11.5. The van der Waals surface area contributed by atoms with Crippen molar-refractivity contribution in [2.75, 3.05) is 0 Å². The van der Waals surface area contributed by atoms with E-state index in [4.69, 9.17) is 19.4 Å². The van der Waals surface area contributed by atoms with Gasteiger partial charge in [0, 0.05) is 43.9 Å². The molecule has 0 bridgehead atoms. The van der Waals surface area contributed by atoms with Gasteiger partial charge in [0.15, 0.2) is 17.5 Å². The number of nitrogens with zero attached hydrogens (tertiary/aromatic N) is 4. The van der Waals surface area contributed by atoms with Crippen LogP contribution in [0.1, 0.15) is 11.1 Å². The third kappa shape index (κ3) is 5.13. The fourth-order valence-corrected chi connectivity index (χ4v) is 8.71. The highest BCUT2D eigenvalue weighted by molar-refractivity contribution is 6.11. The second kappa shape index (κ2) is 12.4. The molecule has 1 aliphatic carbocycles. The Morgan fingerprint density at radius 2 is 1.02 bits per heavy atom. The monoisotopic (exact) mass is 728 g/mol. The van der Waals surface area contributed by atoms with Crippen LogP contribution in [-0.4, -0.2) is 19.5 Å². The number of aromatic nitrogens is 4. The summed E-state index contributed by atoms with van der Waals surface area (Å²) in [6.07, 6.45) is 0.984. The fraction of sp³-hybridized carbons (Fsp3) is 0.0192. The maximum absolute atomic E-state index is 6.46. The molecule has 0 atom stereocenters. The lowest BCUT2D eigenvalue weighted by Gasteiger charge is -2.11. The number of para-hydroxylation sites is 1. The Morgan fingerprint density at radius 3 is 1.79 bits per heavy atom. The summed E-state index contributed by atoms with van der Waals surface area (Å²) in [6, 6.07) is 64.1. The zero-order chi connectivity index (χ0) is 37.5. The van der Waals surface area contributed by atoms with E-state index in [-0.39, 0.29) is 0 Å². The predicted molar refractivity (Wildman–Crippen MR) is 231 cm³/mol. The molecule has 266 valence electrons. The first kappa shape index (κ1) is 31.7. The van der Waals surface area contributed by atoms with E-state index in [9.17, 15) is 0 Å². The van der Waals surface area contributed by atoms with E-state index in [1.54, 1.807) is 0 Å². The van der Waals surface area contributed by atoms with Gasteiger partial charge in [-0.15, -0.1) is 0 Å². The second-order valence-electron chi connectivity index (χ2n) is 14.8. The minimum absolute atomic E-state index is 0.600. The number of furan rings is 1. The van der Waals surface area contributed by atoms with Crippen LogP contribution in [0.25, 0.3) is 106 Å². The largest absolute Gasteiger partial charge is 0.456 e. The van der Waals surface area contributed by atoms with Crippen molar-refractivity contribution in [1.82, 2.24) is 19.5 Å². The molecule has 0 spiro atoms. The molecule has 3 aromatic heterocycles. The minimum atomic E-state index is 0.600. The zero-order valence-electron chi connectivity index (χ0n) is 30.7. The molecule has 57 heavy (non-hydrogen) atoms. The Labute approximate surface area is 328 Å². The van der Waals surface area contributed by atoms with Crippen molar-refractivity contribution in [3.63, 3.8) is 0 Å². The molecule has 0 radical (unpaired) electrons. The van der Waals surface area contributed by atoms with Crippen LogP contribution in [0, 0.1) is 0 Å². The van der Waals surface area contributed by atoms with E-state index in [2.05, 4.69) is 120 Å². The number of fused-ring (bicyclic) bond motifs is 9. The normalized spacial score (nSPS) is 12.1. The first-order chi connectivity index (χ1) is 28.2. The summed E-state index contributed by atoms with van der Waals surface area (Å²) in [4.78, 5) is 14.7. The maximum Gasteiger partial charge on any atom is 0.164 e. The molecule has 0 N–H and O–H groups in total. The molecule has 5 nitrogen and oxygen atoms in total. The summed E-state index contributed by atoms with van der Waals surface area (Å²) >= 11 is 0. The molecule has 3 heterocycles. The van der Waals surface area contributed by atoms with Gasteiger partial charge in [-0.3, -0.25) is 0 Å². The minimum Gasteiger partial charge on any atom is -0.456 e. The van der Waals surface area contributed by atoms with Gasteiger partial charge in [-0.1, -0.05) is 127 Å². The van der Waals surface area contributed by atoms with Gasteiger partial charge < -0.3 is 8.98 Å². The van der Waals surface area contributed by atoms with Crippen molar-refractivity contribution < 1.29 is 4.42 Å². The van der Waals surface area contributed by atoms with E-state index in [1.807, 2.05) is 66.7 Å². The van der Waals surface area contributed by atoms with Crippen molar-refractivity contribution in [3.8, 4) is 62.1 Å². The molecular formula is C52H32N4O. The lowest BCUT2D eigenvalue weighted by molar-refractivity contribution is 0.669. The highest BCUT2D eigenvalue weighted by Crippen LogP contribution is 2.43. The lowest BCUT2D eigenvalue weighted by atomic mass is 10.0. The first-order valence-electron chi connectivity index (χ1n) is 19.3. The van der Waals surface area contributed by atoms with Gasteiger partial charge in [-0.05, 0) is 94.4 Å². The van der Waals surface area contributed by atoms with Crippen molar-refractivity contribution in [2.24, 2.45) is 0 Å². The van der Waals surface area contributed by atoms with Gasteiger partial charge in [0.25, 0.3) is 0 Å². The first-order valence-corrected chi connectivity index (χ1v) is 19.3. The van der Waals surface area contributed by atoms with Crippen LogP contribution < -0.4 is 0 Å². The topological polar surface area (TPSA) is 56.7 Å². The van der Waals surface area contributed by atoms with Gasteiger partial charge in [0.2, 0.25) is 0 Å². The van der Waals surface area contributed by atoms with Crippen LogP contribution in [0.5, 0.6) is 0 Å². The summed E-state index contributed by atoms with van der Waals surface area (Å²) in [7, 11) is 0. The van der Waals surface area contributed by atoms with E-state index in [1.165, 1.54) is 44.1 Å². The molecule has 0 aliphatic heterocycles. The summed E-state index contributed by atoms with van der Waals surface area (Å²) in [5, 5.41) is 4.69. The zero-order valence-corrected chi connectivity index (χ0v) is 30.7. The molecule has 12 rings (SSSR count). The molecule has 8 aromatic carbocycles. The highest BCUT2D eigenvalue weighted by atomic mass is 16.3. The lowest BCUT2D eigenvalue weighted by Crippen LogP contribution is -2.00. The molecule has 5 heteroatoms. The van der Waals surface area contributed by atoms with Gasteiger partial charge in [0.05, 0.1) is 11.0 Å². The number of hydrogen-bond donors (Lipinski definition) is 0. The molecule has 0 fully saturated rings. The second-order valence-corrected chi connectivity index (χ2v) is 14.8. The summed E-state index contributed by atoms with van der Waals surface area (Å²) in [6.45, 7) is 0. The van der Waals surface area contributed by atoms with Crippen LogP contribution >= 0.6 is 0 Å². The summed E-state index contributed by atoms with van der Waals surface area (Å²) in [5.74, 6) is 1.86. The third-order valence-corrected chi connectivity index (χ3v) is 11.5. The Morgan fingerprint density at radius 1 is 0.368 bits per heavy atom. The van der Waals surface area contributed by atoms with E-state index >= 15 is 0 Å². The van der Waals surface area contributed by atoms with Gasteiger partial charge >= 0.3 is 0 Å². The van der Waals surface area contributed by atoms with Crippen LogP contribution in [0.2, 0.25) is 0 Å². The van der Waals surface area contributed by atoms with Crippen molar-refractivity contribution in [1.29, 1.82) is 0 Å². The summed E-state index contributed by atoms with van der Waals surface area (Å²) in [5.41, 5.74) is 15.7. The standard InChI is InChI=1S/C52H32N4O/c1-3-11-33(12-4-1)50-53-51(34-13-5-2-6-14-34)55-52(54-50)37-21-25-42-45-28-35(22-26-48(45)57-49(42)30-37)32-19-23-39(24-20-32)56-46-18-10-9-17-41(46)44-29-38-27-36-15-7-8-16-40(36)43(38)31-47(44)56/h1-26,28-31H,27H2. The molecule has 11 aromatic rings. The van der Waals surface area contributed by atoms with Gasteiger partial charge in [0.1, 0.15) is 11.2 Å². The number of hydrogen-bond acceptors (Lipinski definition) is 4. The number of rotatable bonds is 5. The number of benzene rings is 8. The van der Waals surface area contributed by atoms with Gasteiger partial charge in [-0.25, -0.2) is 15.0 Å². The molecular weight excluding hydrogens is 697 g/mol. The van der Waals surface area contributed by atoms with Crippen molar-refractivity contribution in [3.05, 3.63) is 193 Å². The quantitative estimate of drug-likeness (QED) is 0.177. The molecule has 1 aliphatic rings. The molecule has 0 saturated heterocycles. The molecule has 0 amide bonds. The van der Waals surface area contributed by atoms with Crippen molar-refractivity contribution >= 4 is 43.7 Å². The SMILES string of the molecule is c1ccc(-c2nc(-c3ccccc3)nc(-c3ccc4c(c3)oc3ccc(-c5ccc(-n6c7ccccc7c7cc8c(cc76)-c6ccccc6C8)cc5)cc34)n2)cc1. The van der Waals surface area contributed by atoms with E-state index < -0.39 is 0 Å². The summed E-state index contributed by atoms with van der Waals surface area (Å²) < 4.78 is 8.88. The predicted octanol–water partition coefficient (Wildman–Crippen LogP) is 13.1. The van der Waals surface area contributed by atoms with Crippen LogP contribution in [0.3, 0.4) is 0 Å². The van der Waals surface area contributed by atoms with E-state index in [0.717, 1.165) is 61.9 Å². The Balaban J connectivity index is 0.918. The molecule has 0 saturated carbocycles. The highest BCUT2D eigenvalue weighted by Gasteiger charge is 2.22.